The van der Waals surface area contributed by atoms with Gasteiger partial charge in [-0.1, -0.05) is 0 Å². The van der Waals surface area contributed by atoms with Crippen molar-refractivity contribution in [3.63, 3.8) is 0 Å². The Kier molecular flexibility index (Phi) is 3.98. The zero-order chi connectivity index (χ0) is 15.6. The predicted molar refractivity (Wildman–Crippen MR) is 69.8 cm³/mol. The van der Waals surface area contributed by atoms with Crippen LogP contribution in [0.4, 0.5) is 15.8 Å². The molecule has 1 aromatic carbocycles. The molecular weight excluding hydrogens is 285 g/mol. The van der Waals surface area contributed by atoms with Gasteiger partial charge in [0, 0.05) is 13.1 Å². The third-order valence-electron chi connectivity index (χ3n) is 2.99. The Morgan fingerprint density at radius 3 is 2.81 bits per heavy atom. The van der Waals surface area contributed by atoms with E-state index in [4.69, 9.17) is 5.84 Å². The lowest BCUT2D eigenvalue weighted by Crippen LogP contribution is -2.50. The molecule has 2 rings (SSSR count). The molecule has 0 saturated carbocycles. The van der Waals surface area contributed by atoms with Crippen molar-refractivity contribution in [2.75, 3.05) is 25.1 Å². The van der Waals surface area contributed by atoms with Gasteiger partial charge in [0.1, 0.15) is 5.56 Å². The molecule has 10 heteroatoms. The number of rotatable bonds is 3. The summed E-state index contributed by atoms with van der Waals surface area (Å²) >= 11 is 0. The lowest BCUT2D eigenvalue weighted by molar-refractivity contribution is -0.385. The maximum Gasteiger partial charge on any atom is 0.285 e. The summed E-state index contributed by atoms with van der Waals surface area (Å²) in [7, 11) is 0. The Morgan fingerprint density at radius 1 is 1.52 bits per heavy atom. The van der Waals surface area contributed by atoms with E-state index in [2.05, 4.69) is 5.32 Å². The maximum absolute atomic E-state index is 13.5. The summed E-state index contributed by atoms with van der Waals surface area (Å²) in [5.74, 6) is 3.06. The standard InChI is InChI=1S/C11H12FN5O4/c12-7-4-9(17(20)21)6(3-8(7)15-13)11(19)16-2-1-14-10(18)5-16/h3-4,15H,1-2,5,13H2,(H,14,18). The van der Waals surface area contributed by atoms with Gasteiger partial charge >= 0.3 is 0 Å². The highest BCUT2D eigenvalue weighted by Gasteiger charge is 2.29. The van der Waals surface area contributed by atoms with Crippen LogP contribution in [0.1, 0.15) is 10.4 Å². The summed E-state index contributed by atoms with van der Waals surface area (Å²) in [6.07, 6.45) is 0. The minimum atomic E-state index is -0.947. The summed E-state index contributed by atoms with van der Waals surface area (Å²) in [6.45, 7) is 0.255. The molecule has 1 aliphatic heterocycles. The van der Waals surface area contributed by atoms with Gasteiger partial charge in [-0.25, -0.2) is 4.39 Å². The van der Waals surface area contributed by atoms with Crippen LogP contribution in [0.3, 0.4) is 0 Å². The van der Waals surface area contributed by atoms with Gasteiger partial charge in [-0.15, -0.1) is 0 Å². The number of amides is 2. The number of hydrogen-bond acceptors (Lipinski definition) is 6. The van der Waals surface area contributed by atoms with Crippen molar-refractivity contribution in [1.29, 1.82) is 0 Å². The molecule has 1 aliphatic rings. The number of benzene rings is 1. The summed E-state index contributed by atoms with van der Waals surface area (Å²) in [4.78, 5) is 34.8. The second-order valence-corrected chi connectivity index (χ2v) is 4.33. The average molecular weight is 297 g/mol. The minimum absolute atomic E-state index is 0.210. The Labute approximate surface area is 118 Å². The quantitative estimate of drug-likeness (QED) is 0.395. The van der Waals surface area contributed by atoms with Crippen LogP contribution in [0.5, 0.6) is 0 Å². The molecule has 0 radical (unpaired) electrons. The van der Waals surface area contributed by atoms with Crippen LogP contribution in [0, 0.1) is 15.9 Å². The van der Waals surface area contributed by atoms with E-state index in [1.165, 1.54) is 0 Å². The first kappa shape index (κ1) is 14.7. The van der Waals surface area contributed by atoms with E-state index >= 15 is 0 Å². The van der Waals surface area contributed by atoms with Crippen molar-refractivity contribution in [3.8, 4) is 0 Å². The van der Waals surface area contributed by atoms with Gasteiger partial charge in [-0.05, 0) is 6.07 Å². The Bertz CT molecular complexity index is 621. The largest absolute Gasteiger partial charge is 0.353 e. The van der Waals surface area contributed by atoms with Crippen molar-refractivity contribution in [3.05, 3.63) is 33.6 Å². The average Bonchev–Trinajstić information content (AvgIpc) is 2.46. The number of nitrogens with one attached hydrogen (secondary N) is 2. The summed E-state index contributed by atoms with van der Waals surface area (Å²) in [5.41, 5.74) is 0.768. The van der Waals surface area contributed by atoms with E-state index in [0.29, 0.717) is 6.07 Å². The van der Waals surface area contributed by atoms with E-state index in [-0.39, 0.29) is 36.8 Å². The molecule has 21 heavy (non-hydrogen) atoms. The minimum Gasteiger partial charge on any atom is -0.353 e. The van der Waals surface area contributed by atoms with E-state index in [0.717, 1.165) is 11.0 Å². The fourth-order valence-corrected chi connectivity index (χ4v) is 1.98. The molecule has 9 nitrogen and oxygen atoms in total. The van der Waals surface area contributed by atoms with Gasteiger partial charge < -0.3 is 15.6 Å². The molecule has 1 fully saturated rings. The molecule has 0 aliphatic carbocycles. The van der Waals surface area contributed by atoms with Gasteiger partial charge in [0.15, 0.2) is 5.82 Å². The van der Waals surface area contributed by atoms with Gasteiger partial charge in [0.05, 0.1) is 23.2 Å². The molecule has 1 saturated heterocycles. The molecule has 1 aromatic rings. The first-order valence-corrected chi connectivity index (χ1v) is 5.94. The maximum atomic E-state index is 13.5. The number of hydrazine groups is 1. The van der Waals surface area contributed by atoms with E-state index in [1.807, 2.05) is 5.43 Å². The molecule has 0 aromatic heterocycles. The lowest BCUT2D eigenvalue weighted by atomic mass is 10.1. The zero-order valence-corrected chi connectivity index (χ0v) is 10.8. The first-order chi connectivity index (χ1) is 9.93. The molecule has 0 atom stereocenters. The van der Waals surface area contributed by atoms with Crippen molar-refractivity contribution in [2.45, 2.75) is 0 Å². The van der Waals surface area contributed by atoms with Gasteiger partial charge in [0.2, 0.25) is 5.91 Å². The highest BCUT2D eigenvalue weighted by atomic mass is 19.1. The van der Waals surface area contributed by atoms with Crippen molar-refractivity contribution < 1.29 is 18.9 Å². The van der Waals surface area contributed by atoms with Crippen LogP contribution in [0.15, 0.2) is 12.1 Å². The molecule has 2 amide bonds. The third kappa shape index (κ3) is 2.89. The first-order valence-electron chi connectivity index (χ1n) is 5.94. The molecule has 0 bridgehead atoms. The van der Waals surface area contributed by atoms with Crippen LogP contribution in [0.25, 0.3) is 0 Å². The Balaban J connectivity index is 2.43. The molecule has 0 unspecified atom stereocenters. The number of anilines is 1. The normalized spacial score (nSPS) is 14.6. The number of nitro benzene ring substituents is 1. The smallest absolute Gasteiger partial charge is 0.285 e. The highest BCUT2D eigenvalue weighted by molar-refractivity contribution is 6.01. The number of hydrogen-bond donors (Lipinski definition) is 3. The van der Waals surface area contributed by atoms with Crippen LogP contribution >= 0.6 is 0 Å². The molecule has 4 N–H and O–H groups in total. The van der Waals surface area contributed by atoms with Crippen LogP contribution in [0.2, 0.25) is 0 Å². The second kappa shape index (κ2) is 5.71. The number of nitrogens with two attached hydrogens (primary N) is 1. The van der Waals surface area contributed by atoms with Gasteiger partial charge in [0.25, 0.3) is 11.6 Å². The van der Waals surface area contributed by atoms with Crippen molar-refractivity contribution in [2.24, 2.45) is 5.84 Å². The summed E-state index contributed by atoms with van der Waals surface area (Å²) < 4.78 is 13.5. The topological polar surface area (TPSA) is 131 Å². The molecular formula is C11H12FN5O4. The SMILES string of the molecule is NNc1cc(C(=O)N2CCNC(=O)C2)c([N+](=O)[O-])cc1F. The zero-order valence-electron chi connectivity index (χ0n) is 10.8. The number of halogens is 1. The number of carbonyl (C=O) groups excluding carboxylic acids is 2. The molecule has 1 heterocycles. The van der Waals surface area contributed by atoms with Crippen LogP contribution in [-0.4, -0.2) is 41.3 Å². The van der Waals surface area contributed by atoms with E-state index < -0.39 is 22.3 Å². The van der Waals surface area contributed by atoms with E-state index in [1.54, 1.807) is 0 Å². The molecule has 0 spiro atoms. The number of nitrogens with zero attached hydrogens (tertiary/aromatic N) is 2. The monoisotopic (exact) mass is 297 g/mol. The number of piperazine rings is 1. The fourth-order valence-electron chi connectivity index (χ4n) is 1.98. The predicted octanol–water partition coefficient (Wildman–Crippen LogP) is -0.409. The van der Waals surface area contributed by atoms with Crippen molar-refractivity contribution >= 4 is 23.2 Å². The fraction of sp³-hybridized carbons (Fsp3) is 0.273. The van der Waals surface area contributed by atoms with Crippen molar-refractivity contribution in [1.82, 2.24) is 10.2 Å². The Morgan fingerprint density at radius 2 is 2.24 bits per heavy atom. The summed E-state index contributed by atoms with van der Waals surface area (Å²) in [6, 6.07) is 1.58. The van der Waals surface area contributed by atoms with Crippen LogP contribution in [-0.2, 0) is 4.79 Å². The number of nitro groups is 1. The number of nitrogen functional groups attached to an aromatic ring is 1. The van der Waals surface area contributed by atoms with E-state index in [9.17, 15) is 24.1 Å². The second-order valence-electron chi connectivity index (χ2n) is 4.33. The number of carbonyl (C=O) groups is 2. The summed E-state index contributed by atoms with van der Waals surface area (Å²) in [5, 5.41) is 13.5. The van der Waals surface area contributed by atoms with Gasteiger partial charge in [-0.3, -0.25) is 25.5 Å². The highest BCUT2D eigenvalue weighted by Crippen LogP contribution is 2.27. The third-order valence-corrected chi connectivity index (χ3v) is 2.99. The van der Waals surface area contributed by atoms with Gasteiger partial charge in [-0.2, -0.15) is 0 Å². The molecule has 112 valence electrons. The Hall–Kier alpha value is -2.75. The van der Waals surface area contributed by atoms with Crippen LogP contribution < -0.4 is 16.6 Å². The lowest BCUT2D eigenvalue weighted by Gasteiger charge is -2.26.